The first kappa shape index (κ1) is 11.9. The molecular formula is C13H13N3O2. The van der Waals surface area contributed by atoms with E-state index in [2.05, 4.69) is 16.2 Å². The zero-order chi connectivity index (χ0) is 13.0. The maximum Gasteiger partial charge on any atom is 0.337 e. The lowest BCUT2D eigenvalue weighted by molar-refractivity contribution is -0.119. The van der Waals surface area contributed by atoms with Crippen molar-refractivity contribution < 1.29 is 9.59 Å². The molecule has 0 saturated carbocycles. The first-order valence-electron chi connectivity index (χ1n) is 5.48. The second-order valence-corrected chi connectivity index (χ2v) is 3.79. The molecule has 3 N–H and O–H groups in total. The van der Waals surface area contributed by atoms with Crippen molar-refractivity contribution in [3.63, 3.8) is 0 Å². The molecule has 0 unspecified atom stereocenters. The summed E-state index contributed by atoms with van der Waals surface area (Å²) in [5.41, 5.74) is 5.15. The first-order valence-corrected chi connectivity index (χ1v) is 5.48. The number of carbonyl (C=O) groups excluding carboxylic acids is 2. The van der Waals surface area contributed by atoms with Gasteiger partial charge in [-0.15, -0.1) is 0 Å². The number of anilines is 1. The number of hydrazine groups is 1. The minimum atomic E-state index is -0.485. The number of rotatable bonds is 1. The predicted molar refractivity (Wildman–Crippen MR) is 69.9 cm³/mol. The van der Waals surface area contributed by atoms with Crippen LogP contribution in [-0.2, 0) is 4.79 Å². The van der Waals surface area contributed by atoms with E-state index < -0.39 is 6.03 Å². The van der Waals surface area contributed by atoms with Gasteiger partial charge in [0, 0.05) is 12.3 Å². The Morgan fingerprint density at radius 1 is 0.944 bits per heavy atom. The zero-order valence-electron chi connectivity index (χ0n) is 9.86. The first-order chi connectivity index (χ1) is 8.66. The number of fused-ring (bicyclic) bond motifs is 1. The van der Waals surface area contributed by atoms with Crippen molar-refractivity contribution in [3.05, 3.63) is 42.5 Å². The molecule has 2 aromatic rings. The summed E-state index contributed by atoms with van der Waals surface area (Å²) in [6, 6.07) is 12.9. The Bertz CT molecular complexity index is 590. The molecule has 0 spiro atoms. The van der Waals surface area contributed by atoms with E-state index in [1.54, 1.807) is 6.07 Å². The molecule has 5 heteroatoms. The van der Waals surface area contributed by atoms with E-state index >= 15 is 0 Å². The van der Waals surface area contributed by atoms with Gasteiger partial charge >= 0.3 is 6.03 Å². The number of nitrogens with one attached hydrogen (secondary N) is 3. The standard InChI is InChI=1S/C13H13N3O2/c1-9(17)15-16-13(18)14-12-8-4-6-10-5-2-3-7-11(10)12/h2-8H,1H3,(H,15,17)(H2,14,16,18). The molecule has 0 atom stereocenters. The van der Waals surface area contributed by atoms with E-state index in [0.29, 0.717) is 5.69 Å². The Hall–Kier alpha value is -2.56. The molecule has 5 nitrogen and oxygen atoms in total. The van der Waals surface area contributed by atoms with E-state index in [9.17, 15) is 9.59 Å². The monoisotopic (exact) mass is 243 g/mol. The second kappa shape index (κ2) is 5.18. The highest BCUT2D eigenvalue weighted by Crippen LogP contribution is 2.22. The summed E-state index contributed by atoms with van der Waals surface area (Å²) in [4.78, 5) is 22.2. The molecule has 2 rings (SSSR count). The second-order valence-electron chi connectivity index (χ2n) is 3.79. The average molecular weight is 243 g/mol. The summed E-state index contributed by atoms with van der Waals surface area (Å²) in [5, 5.41) is 4.65. The smallest absolute Gasteiger partial charge is 0.306 e. The number of hydrogen-bond donors (Lipinski definition) is 3. The van der Waals surface area contributed by atoms with Gasteiger partial charge in [-0.25, -0.2) is 10.2 Å². The summed E-state index contributed by atoms with van der Waals surface area (Å²) >= 11 is 0. The minimum absolute atomic E-state index is 0.330. The zero-order valence-corrected chi connectivity index (χ0v) is 9.86. The van der Waals surface area contributed by atoms with Crippen molar-refractivity contribution in [2.24, 2.45) is 0 Å². The molecule has 92 valence electrons. The fourth-order valence-electron chi connectivity index (χ4n) is 1.63. The van der Waals surface area contributed by atoms with Crippen molar-refractivity contribution in [1.29, 1.82) is 0 Å². The van der Waals surface area contributed by atoms with Crippen LogP contribution >= 0.6 is 0 Å². The average Bonchev–Trinajstić information content (AvgIpc) is 2.37. The Labute approximate surface area is 104 Å². The number of hydrogen-bond acceptors (Lipinski definition) is 2. The van der Waals surface area contributed by atoms with E-state index in [4.69, 9.17) is 0 Å². The van der Waals surface area contributed by atoms with Crippen LogP contribution in [0.1, 0.15) is 6.92 Å². The molecule has 0 aliphatic carbocycles. The van der Waals surface area contributed by atoms with Crippen LogP contribution in [0.4, 0.5) is 10.5 Å². The lowest BCUT2D eigenvalue weighted by Gasteiger charge is -2.09. The van der Waals surface area contributed by atoms with Gasteiger partial charge in [-0.2, -0.15) is 0 Å². The lowest BCUT2D eigenvalue weighted by Crippen LogP contribution is -2.42. The maximum absolute atomic E-state index is 11.5. The van der Waals surface area contributed by atoms with Gasteiger partial charge in [-0.3, -0.25) is 10.2 Å². The van der Waals surface area contributed by atoms with Gasteiger partial charge in [-0.05, 0) is 11.5 Å². The van der Waals surface area contributed by atoms with Crippen LogP contribution < -0.4 is 16.2 Å². The van der Waals surface area contributed by atoms with E-state index in [-0.39, 0.29) is 5.91 Å². The molecule has 0 aliphatic rings. The number of carbonyl (C=O) groups is 2. The third-order valence-electron chi connectivity index (χ3n) is 2.39. The molecular weight excluding hydrogens is 230 g/mol. The van der Waals surface area contributed by atoms with Crippen LogP contribution in [0.2, 0.25) is 0 Å². The quantitative estimate of drug-likeness (QED) is 0.670. The van der Waals surface area contributed by atoms with Crippen LogP contribution in [0.3, 0.4) is 0 Å². The topological polar surface area (TPSA) is 70.2 Å². The Kier molecular flexibility index (Phi) is 3.43. The Morgan fingerprint density at radius 3 is 2.44 bits per heavy atom. The highest BCUT2D eigenvalue weighted by molar-refractivity contribution is 6.01. The van der Waals surface area contributed by atoms with E-state index in [1.807, 2.05) is 36.4 Å². The molecule has 3 amide bonds. The third kappa shape index (κ3) is 2.76. The number of urea groups is 1. The van der Waals surface area contributed by atoms with Crippen LogP contribution in [0.5, 0.6) is 0 Å². The fraction of sp³-hybridized carbons (Fsp3) is 0.0769. The van der Waals surface area contributed by atoms with Crippen LogP contribution in [0.25, 0.3) is 10.8 Å². The third-order valence-corrected chi connectivity index (χ3v) is 2.39. The van der Waals surface area contributed by atoms with Crippen molar-refractivity contribution in [3.8, 4) is 0 Å². The van der Waals surface area contributed by atoms with Crippen LogP contribution in [0, 0.1) is 0 Å². The molecule has 0 heterocycles. The minimum Gasteiger partial charge on any atom is -0.306 e. The summed E-state index contributed by atoms with van der Waals surface area (Å²) in [7, 11) is 0. The summed E-state index contributed by atoms with van der Waals surface area (Å²) in [5.74, 6) is -0.330. The van der Waals surface area contributed by atoms with Crippen LogP contribution in [-0.4, -0.2) is 11.9 Å². The maximum atomic E-state index is 11.5. The normalized spacial score (nSPS) is 9.83. The molecule has 0 saturated heterocycles. The molecule has 0 aromatic heterocycles. The molecule has 0 radical (unpaired) electrons. The van der Waals surface area contributed by atoms with Gasteiger partial charge in [-0.1, -0.05) is 36.4 Å². The molecule has 0 aliphatic heterocycles. The number of amides is 3. The van der Waals surface area contributed by atoms with Crippen LogP contribution in [0.15, 0.2) is 42.5 Å². The molecule has 0 bridgehead atoms. The fourth-order valence-corrected chi connectivity index (χ4v) is 1.63. The predicted octanol–water partition coefficient (Wildman–Crippen LogP) is 2.01. The van der Waals surface area contributed by atoms with Gasteiger partial charge in [0.25, 0.3) is 0 Å². The van der Waals surface area contributed by atoms with Gasteiger partial charge < -0.3 is 5.32 Å². The van der Waals surface area contributed by atoms with Gasteiger partial charge in [0.05, 0.1) is 5.69 Å². The molecule has 0 fully saturated rings. The largest absolute Gasteiger partial charge is 0.337 e. The van der Waals surface area contributed by atoms with Gasteiger partial charge in [0.15, 0.2) is 0 Å². The van der Waals surface area contributed by atoms with Crippen molar-refractivity contribution in [1.82, 2.24) is 10.9 Å². The summed E-state index contributed by atoms with van der Waals surface area (Å²) in [6.07, 6.45) is 0. The van der Waals surface area contributed by atoms with Gasteiger partial charge in [0.2, 0.25) is 5.91 Å². The van der Waals surface area contributed by atoms with Crippen molar-refractivity contribution >= 4 is 28.4 Å². The Balaban J connectivity index is 2.16. The summed E-state index contributed by atoms with van der Waals surface area (Å²) in [6.45, 7) is 1.32. The van der Waals surface area contributed by atoms with Crippen molar-refractivity contribution in [2.45, 2.75) is 6.92 Å². The van der Waals surface area contributed by atoms with Crippen molar-refractivity contribution in [2.75, 3.05) is 5.32 Å². The molecule has 18 heavy (non-hydrogen) atoms. The SMILES string of the molecule is CC(=O)NNC(=O)Nc1cccc2ccccc12. The van der Waals surface area contributed by atoms with E-state index in [1.165, 1.54) is 6.92 Å². The molecule has 2 aromatic carbocycles. The summed E-state index contributed by atoms with van der Waals surface area (Å²) < 4.78 is 0. The highest BCUT2D eigenvalue weighted by Gasteiger charge is 2.04. The van der Waals surface area contributed by atoms with E-state index in [0.717, 1.165) is 10.8 Å². The Morgan fingerprint density at radius 2 is 1.67 bits per heavy atom. The lowest BCUT2D eigenvalue weighted by atomic mass is 10.1. The number of benzene rings is 2. The highest BCUT2D eigenvalue weighted by atomic mass is 16.2. The van der Waals surface area contributed by atoms with Gasteiger partial charge in [0.1, 0.15) is 0 Å².